The zero-order valence-corrected chi connectivity index (χ0v) is 17.8. The van der Waals surface area contributed by atoms with Crippen LogP contribution in [0, 0.1) is 12.3 Å². The van der Waals surface area contributed by atoms with E-state index in [0.717, 1.165) is 12.3 Å². The lowest BCUT2D eigenvalue weighted by Gasteiger charge is -2.24. The van der Waals surface area contributed by atoms with E-state index in [0.29, 0.717) is 0 Å². The quantitative estimate of drug-likeness (QED) is 0.176. The average molecular weight is 527 g/mol. The zero-order chi connectivity index (χ0) is 24.7. The van der Waals surface area contributed by atoms with E-state index in [1.54, 1.807) is 5.92 Å². The van der Waals surface area contributed by atoms with Crippen LogP contribution in [-0.2, 0) is 31.6 Å². The molecule has 1 aromatic rings. The minimum atomic E-state index is -5.93. The molecular weight excluding hydrogens is 513 g/mol. The van der Waals surface area contributed by atoms with Gasteiger partial charge < -0.3 is 35.2 Å². The van der Waals surface area contributed by atoms with E-state index in [4.69, 9.17) is 31.6 Å². The van der Waals surface area contributed by atoms with Gasteiger partial charge in [-0.3, -0.25) is 9.09 Å². The fourth-order valence-electron chi connectivity index (χ4n) is 2.40. The molecule has 0 aromatic carbocycles. The van der Waals surface area contributed by atoms with E-state index >= 15 is 0 Å². The molecule has 1 aliphatic heterocycles. The standard InChI is InChI=1S/C11H14F2N3O13P3/c1-2-5(27-31(22,23)29-32(24,25)28-30(19,20)21)7-8(17)11(12,13)9(26-7)16-4-3-6(14)15-10(16)18/h1,3-5,7-9,17H,(H,22,23)(H,24,25)(H2,14,15,18)(H2,19,20,21). The van der Waals surface area contributed by atoms with Gasteiger partial charge in [-0.15, -0.1) is 6.42 Å². The van der Waals surface area contributed by atoms with Crippen molar-refractivity contribution in [1.29, 1.82) is 0 Å². The van der Waals surface area contributed by atoms with Gasteiger partial charge in [-0.2, -0.15) is 22.4 Å². The monoisotopic (exact) mass is 527 g/mol. The molecule has 1 saturated heterocycles. The molecule has 0 amide bonds. The normalized spacial score (nSPS) is 27.8. The number of rotatable bonds is 8. The highest BCUT2D eigenvalue weighted by Crippen LogP contribution is 2.66. The molecule has 21 heteroatoms. The van der Waals surface area contributed by atoms with E-state index in [-0.39, 0.29) is 10.4 Å². The Hall–Kier alpha value is -1.57. The highest BCUT2D eigenvalue weighted by atomic mass is 31.3. The number of aromatic nitrogens is 2. The van der Waals surface area contributed by atoms with Crippen LogP contribution in [0.3, 0.4) is 0 Å². The largest absolute Gasteiger partial charge is 0.490 e. The molecule has 2 heterocycles. The predicted octanol–water partition coefficient (Wildman–Crippen LogP) is -0.936. The number of aliphatic hydroxyl groups is 1. The lowest BCUT2D eigenvalue weighted by atomic mass is 10.1. The number of alkyl halides is 2. The number of phosphoric acid groups is 3. The summed E-state index contributed by atoms with van der Waals surface area (Å²) in [7, 11) is -17.5. The molecule has 0 radical (unpaired) electrons. The Morgan fingerprint density at radius 3 is 2.34 bits per heavy atom. The smallest absolute Gasteiger partial charge is 0.384 e. The number of hydrogen-bond acceptors (Lipinski definition) is 11. The highest BCUT2D eigenvalue weighted by Gasteiger charge is 2.62. The van der Waals surface area contributed by atoms with Gasteiger partial charge in [-0.25, -0.2) is 18.5 Å². The van der Waals surface area contributed by atoms with Crippen LogP contribution < -0.4 is 11.4 Å². The number of ether oxygens (including phenoxy) is 1. The Kier molecular flexibility index (Phi) is 7.50. The Bertz CT molecular complexity index is 1120. The summed E-state index contributed by atoms with van der Waals surface area (Å²) in [5, 5.41) is 9.92. The fraction of sp³-hybridized carbons (Fsp3) is 0.455. The van der Waals surface area contributed by atoms with Crippen molar-refractivity contribution in [3.63, 3.8) is 0 Å². The van der Waals surface area contributed by atoms with Crippen molar-refractivity contribution in [2.24, 2.45) is 0 Å². The summed E-state index contributed by atoms with van der Waals surface area (Å²) in [5.41, 5.74) is 3.94. The van der Waals surface area contributed by atoms with Gasteiger partial charge in [0.2, 0.25) is 6.23 Å². The number of nitrogens with zero attached hydrogens (tertiary/aromatic N) is 2. The number of nitrogen functional groups attached to an aromatic ring is 1. The van der Waals surface area contributed by atoms with Crippen LogP contribution in [0.15, 0.2) is 17.1 Å². The molecule has 0 saturated carbocycles. The fourth-order valence-corrected chi connectivity index (χ4v) is 5.53. The van der Waals surface area contributed by atoms with Gasteiger partial charge in [0.25, 0.3) is 0 Å². The summed E-state index contributed by atoms with van der Waals surface area (Å²) in [6.07, 6.45) is -4.32. The van der Waals surface area contributed by atoms with E-state index in [1.807, 2.05) is 0 Å². The van der Waals surface area contributed by atoms with Crippen molar-refractivity contribution in [2.75, 3.05) is 5.73 Å². The van der Waals surface area contributed by atoms with Crippen LogP contribution >= 0.6 is 23.5 Å². The van der Waals surface area contributed by atoms with Crippen LogP contribution in [0.25, 0.3) is 0 Å². The number of anilines is 1. The van der Waals surface area contributed by atoms with Crippen molar-refractivity contribution in [2.45, 2.75) is 30.5 Å². The first-order valence-corrected chi connectivity index (χ1v) is 12.2. The number of terminal acetylenes is 1. The van der Waals surface area contributed by atoms with Crippen molar-refractivity contribution >= 4 is 29.3 Å². The SMILES string of the molecule is C#CC(OP(=O)(O)OP(=O)(O)OP(=O)(O)O)C1OC(n2ccc(N)nc2=O)C(F)(F)C1O. The van der Waals surface area contributed by atoms with Crippen molar-refractivity contribution < 1.29 is 65.0 Å². The first kappa shape index (κ1) is 26.7. The van der Waals surface area contributed by atoms with Crippen molar-refractivity contribution in [1.82, 2.24) is 9.55 Å². The van der Waals surface area contributed by atoms with E-state index in [1.165, 1.54) is 0 Å². The van der Waals surface area contributed by atoms with Crippen LogP contribution in [0.1, 0.15) is 6.23 Å². The Morgan fingerprint density at radius 1 is 1.25 bits per heavy atom. The second kappa shape index (κ2) is 8.99. The molecule has 2 rings (SSSR count). The third-order valence-corrected chi connectivity index (χ3v) is 7.37. The first-order valence-electron chi connectivity index (χ1n) is 7.73. The van der Waals surface area contributed by atoms with Crippen molar-refractivity contribution in [3.8, 4) is 12.3 Å². The van der Waals surface area contributed by atoms with Gasteiger partial charge in [-0.05, 0) is 6.07 Å². The van der Waals surface area contributed by atoms with E-state index in [9.17, 15) is 37.3 Å². The van der Waals surface area contributed by atoms with Crippen LogP contribution in [-0.4, -0.2) is 58.5 Å². The first-order chi connectivity index (χ1) is 14.4. The minimum absolute atomic E-state index is 0.234. The van der Waals surface area contributed by atoms with Gasteiger partial charge in [-0.1, -0.05) is 5.92 Å². The van der Waals surface area contributed by atoms with E-state index < -0.39 is 59.6 Å². The number of aliphatic hydroxyl groups excluding tert-OH is 1. The Labute approximate surface area is 176 Å². The molecular formula is C11H14F2N3O13P3. The number of phosphoric ester groups is 1. The lowest BCUT2D eigenvalue weighted by molar-refractivity contribution is -0.141. The van der Waals surface area contributed by atoms with E-state index in [2.05, 4.69) is 18.1 Å². The van der Waals surface area contributed by atoms with Crippen LogP contribution in [0.5, 0.6) is 0 Å². The maximum atomic E-state index is 14.5. The number of hydrogen-bond donors (Lipinski definition) is 6. The molecule has 7 N–H and O–H groups in total. The molecule has 0 spiro atoms. The summed E-state index contributed by atoms with van der Waals surface area (Å²) in [5.74, 6) is -3.01. The molecule has 6 unspecified atom stereocenters. The molecule has 6 atom stereocenters. The van der Waals surface area contributed by atoms with Gasteiger partial charge >= 0.3 is 35.1 Å². The minimum Gasteiger partial charge on any atom is -0.384 e. The average Bonchev–Trinajstić information content (AvgIpc) is 2.80. The number of nitrogens with two attached hydrogens (primary N) is 1. The Morgan fingerprint density at radius 2 is 1.84 bits per heavy atom. The second-order valence-electron chi connectivity index (χ2n) is 5.90. The molecule has 1 fully saturated rings. The predicted molar refractivity (Wildman–Crippen MR) is 95.3 cm³/mol. The molecule has 0 bridgehead atoms. The highest BCUT2D eigenvalue weighted by molar-refractivity contribution is 7.66. The maximum Gasteiger partial charge on any atom is 0.490 e. The second-order valence-corrected chi connectivity index (χ2v) is 10.3. The zero-order valence-electron chi connectivity index (χ0n) is 15.1. The van der Waals surface area contributed by atoms with Crippen LogP contribution in [0.2, 0.25) is 0 Å². The third kappa shape index (κ3) is 6.27. The molecule has 1 aromatic heterocycles. The summed E-state index contributed by atoms with van der Waals surface area (Å²) in [6, 6.07) is 0.950. The third-order valence-electron chi connectivity index (χ3n) is 3.55. The van der Waals surface area contributed by atoms with Crippen molar-refractivity contribution in [3.05, 3.63) is 22.7 Å². The van der Waals surface area contributed by atoms with Crippen LogP contribution in [0.4, 0.5) is 14.6 Å². The molecule has 0 aliphatic carbocycles. The number of halogens is 2. The molecule has 1 aliphatic rings. The summed E-state index contributed by atoms with van der Waals surface area (Å²) >= 11 is 0. The molecule has 180 valence electrons. The van der Waals surface area contributed by atoms with Gasteiger partial charge in [0.05, 0.1) is 0 Å². The topological polar surface area (TPSA) is 250 Å². The van der Waals surface area contributed by atoms with Gasteiger partial charge in [0.15, 0.2) is 12.2 Å². The molecule has 16 nitrogen and oxygen atoms in total. The summed E-state index contributed by atoms with van der Waals surface area (Å²) < 4.78 is 79.2. The summed E-state index contributed by atoms with van der Waals surface area (Å²) in [4.78, 5) is 50.6. The molecule has 32 heavy (non-hydrogen) atoms. The lowest BCUT2D eigenvalue weighted by Crippen LogP contribution is -2.43. The van der Waals surface area contributed by atoms with Gasteiger partial charge in [0.1, 0.15) is 11.9 Å². The summed E-state index contributed by atoms with van der Waals surface area (Å²) in [6.45, 7) is 0. The Balaban J connectivity index is 2.28. The van der Waals surface area contributed by atoms with Gasteiger partial charge in [0, 0.05) is 6.20 Å². The maximum absolute atomic E-state index is 14.5.